The molecule has 0 aromatic heterocycles. The third-order valence-electron chi connectivity index (χ3n) is 1.80. The van der Waals surface area contributed by atoms with Crippen molar-refractivity contribution in [2.75, 3.05) is 24.7 Å². The van der Waals surface area contributed by atoms with Crippen LogP contribution in [0.3, 0.4) is 0 Å². The molecular weight excluding hydrogens is 236 g/mol. The lowest BCUT2D eigenvalue weighted by molar-refractivity contribution is 0.105. The van der Waals surface area contributed by atoms with E-state index in [4.69, 9.17) is 8.85 Å². The molecule has 0 rings (SSSR count). The molecule has 0 heterocycles. The Labute approximate surface area is 98.4 Å². The first-order valence-electron chi connectivity index (χ1n) is 4.83. The summed E-state index contributed by atoms with van der Waals surface area (Å²) in [5.74, 6) is 1.63. The lowest BCUT2D eigenvalue weighted by Gasteiger charge is -2.26. The smallest absolute Gasteiger partial charge is 0.390 e. The van der Waals surface area contributed by atoms with Gasteiger partial charge in [0.1, 0.15) is 0 Å². The highest BCUT2D eigenvalue weighted by atomic mass is 32.1. The highest BCUT2D eigenvalue weighted by Gasteiger charge is 2.38. The maximum atomic E-state index is 10.1. The van der Waals surface area contributed by atoms with Gasteiger partial charge < -0.3 is 13.6 Å². The predicted octanol–water partition coefficient (Wildman–Crippen LogP) is 1.47. The van der Waals surface area contributed by atoms with Crippen LogP contribution < -0.4 is 0 Å². The Balaban J connectivity index is 4.17. The van der Waals surface area contributed by atoms with Gasteiger partial charge in [-0.2, -0.15) is 25.3 Å². The van der Waals surface area contributed by atoms with Crippen molar-refractivity contribution in [3.63, 3.8) is 0 Å². The van der Waals surface area contributed by atoms with Gasteiger partial charge in [-0.3, -0.25) is 0 Å². The third-order valence-corrected chi connectivity index (χ3v) is 5.41. The molecule has 3 nitrogen and oxygen atoms in total. The zero-order chi connectivity index (χ0) is 11.0. The van der Waals surface area contributed by atoms with Crippen LogP contribution in [0.4, 0.5) is 0 Å². The van der Waals surface area contributed by atoms with Gasteiger partial charge in [0, 0.05) is 19.3 Å². The van der Waals surface area contributed by atoms with Gasteiger partial charge in [-0.15, -0.1) is 0 Å². The average molecular weight is 256 g/mol. The highest BCUT2D eigenvalue weighted by Crippen LogP contribution is 2.19. The zero-order valence-electron chi connectivity index (χ0n) is 8.77. The summed E-state index contributed by atoms with van der Waals surface area (Å²) >= 11 is 8.39. The first-order chi connectivity index (χ1) is 6.61. The summed E-state index contributed by atoms with van der Waals surface area (Å²) in [5, 5.41) is 0. The Bertz CT molecular complexity index is 139. The Morgan fingerprint density at radius 3 is 1.86 bits per heavy atom. The molecule has 86 valence electrons. The fourth-order valence-corrected chi connectivity index (χ4v) is 4.61. The molecule has 0 bridgehead atoms. The third kappa shape index (κ3) is 5.62. The van der Waals surface area contributed by atoms with Gasteiger partial charge in [0.25, 0.3) is 0 Å². The van der Waals surface area contributed by atoms with Crippen LogP contribution in [0.1, 0.15) is 13.8 Å². The van der Waals surface area contributed by atoms with Crippen LogP contribution >= 0.6 is 25.3 Å². The summed E-state index contributed by atoms with van der Waals surface area (Å²) in [7, 11) is -2.95. The molecule has 0 aliphatic heterocycles. The van der Waals surface area contributed by atoms with E-state index in [0.29, 0.717) is 30.8 Å². The fraction of sp³-hybridized carbons (Fsp3) is 1.00. The van der Waals surface area contributed by atoms with Crippen molar-refractivity contribution in [1.82, 2.24) is 0 Å². The molecule has 0 radical (unpaired) electrons. The summed E-state index contributed by atoms with van der Waals surface area (Å²) < 4.78 is 10.6. The number of thiol groups is 2. The van der Waals surface area contributed by atoms with Crippen LogP contribution in [0.5, 0.6) is 0 Å². The van der Waals surface area contributed by atoms with Gasteiger partial charge in [-0.1, -0.05) is 0 Å². The van der Waals surface area contributed by atoms with Gasteiger partial charge in [-0.25, -0.2) is 0 Å². The fourth-order valence-electron chi connectivity index (χ4n) is 1.16. The van der Waals surface area contributed by atoms with Crippen LogP contribution in [0, 0.1) is 5.92 Å². The van der Waals surface area contributed by atoms with E-state index in [1.54, 1.807) is 0 Å². The molecule has 1 N–H and O–H groups in total. The second-order valence-electron chi connectivity index (χ2n) is 3.01. The number of rotatable bonds is 8. The molecule has 14 heavy (non-hydrogen) atoms. The largest absolute Gasteiger partial charge is 0.498 e. The predicted molar refractivity (Wildman–Crippen MR) is 67.2 cm³/mol. The minimum absolute atomic E-state index is 0.247. The molecule has 0 saturated carbocycles. The maximum absolute atomic E-state index is 10.1. The minimum Gasteiger partial charge on any atom is -0.390 e. The highest BCUT2D eigenvalue weighted by molar-refractivity contribution is 7.81. The van der Waals surface area contributed by atoms with Crippen molar-refractivity contribution in [3.05, 3.63) is 0 Å². The molecule has 0 aromatic rings. The lowest BCUT2D eigenvalue weighted by Crippen LogP contribution is -2.44. The molecule has 6 heteroatoms. The molecule has 0 aliphatic carbocycles. The molecule has 0 unspecified atom stereocenters. The lowest BCUT2D eigenvalue weighted by atomic mass is 10.3. The van der Waals surface area contributed by atoms with Crippen molar-refractivity contribution in [3.8, 4) is 0 Å². The molecule has 0 spiro atoms. The number of hydrogen-bond donors (Lipinski definition) is 3. The van der Waals surface area contributed by atoms with Gasteiger partial charge in [0.15, 0.2) is 0 Å². The second kappa shape index (κ2) is 8.01. The molecule has 0 aromatic carbocycles. The average Bonchev–Trinajstić information content (AvgIpc) is 2.15. The summed E-state index contributed by atoms with van der Waals surface area (Å²) in [6.07, 6.45) is 0. The summed E-state index contributed by atoms with van der Waals surface area (Å²) in [4.78, 5) is 10.1. The van der Waals surface area contributed by atoms with E-state index in [0.717, 1.165) is 0 Å². The van der Waals surface area contributed by atoms with Crippen molar-refractivity contribution in [2.45, 2.75) is 19.9 Å². The Hall–Kier alpha value is 0.797. The molecular formula is C8H20O3S2Si. The van der Waals surface area contributed by atoms with E-state index >= 15 is 0 Å². The summed E-state index contributed by atoms with van der Waals surface area (Å²) in [5.41, 5.74) is 0. The van der Waals surface area contributed by atoms with Crippen LogP contribution in [0.25, 0.3) is 0 Å². The minimum atomic E-state index is -2.95. The first kappa shape index (κ1) is 14.8. The standard InChI is InChI=1S/C8H20O3S2Si/c1-3-10-14(9,11-4-2)7-8(5-12)6-13/h8-9,12-13H,3-7H2,1-2H3. The molecule has 0 amide bonds. The van der Waals surface area contributed by atoms with Gasteiger partial charge >= 0.3 is 8.80 Å². The Morgan fingerprint density at radius 1 is 1.14 bits per heavy atom. The normalized spacial score (nSPS) is 12.4. The number of hydrogen-bond acceptors (Lipinski definition) is 5. The van der Waals surface area contributed by atoms with Gasteiger partial charge in [0.05, 0.1) is 0 Å². The van der Waals surface area contributed by atoms with E-state index in [1.807, 2.05) is 13.8 Å². The van der Waals surface area contributed by atoms with E-state index in [9.17, 15) is 4.80 Å². The summed E-state index contributed by atoms with van der Waals surface area (Å²) in [6, 6.07) is 0.543. The van der Waals surface area contributed by atoms with Crippen molar-refractivity contribution in [2.24, 2.45) is 5.92 Å². The monoisotopic (exact) mass is 256 g/mol. The van der Waals surface area contributed by atoms with Crippen LogP contribution in [-0.2, 0) is 8.85 Å². The van der Waals surface area contributed by atoms with Gasteiger partial charge in [0.2, 0.25) is 0 Å². The topological polar surface area (TPSA) is 38.7 Å². The van der Waals surface area contributed by atoms with E-state index in [2.05, 4.69) is 25.3 Å². The SMILES string of the molecule is CCO[Si](O)(CC(CS)CS)OCC. The molecule has 0 saturated heterocycles. The van der Waals surface area contributed by atoms with Gasteiger partial charge in [-0.05, 0) is 31.3 Å². The van der Waals surface area contributed by atoms with E-state index in [-0.39, 0.29) is 5.92 Å². The zero-order valence-corrected chi connectivity index (χ0v) is 11.6. The van der Waals surface area contributed by atoms with Crippen LogP contribution in [-0.4, -0.2) is 38.3 Å². The molecule has 0 atom stereocenters. The van der Waals surface area contributed by atoms with E-state index < -0.39 is 8.80 Å². The van der Waals surface area contributed by atoms with Crippen molar-refractivity contribution in [1.29, 1.82) is 0 Å². The van der Waals surface area contributed by atoms with Crippen molar-refractivity contribution < 1.29 is 13.6 Å². The van der Waals surface area contributed by atoms with Crippen molar-refractivity contribution >= 4 is 34.1 Å². The molecule has 0 aliphatic rings. The summed E-state index contributed by atoms with van der Waals surface area (Å²) in [6.45, 7) is 4.67. The molecule has 0 fully saturated rings. The van der Waals surface area contributed by atoms with Crippen LogP contribution in [0.2, 0.25) is 6.04 Å². The van der Waals surface area contributed by atoms with E-state index in [1.165, 1.54) is 0 Å². The Kier molecular flexibility index (Phi) is 8.46. The second-order valence-corrected chi connectivity index (χ2v) is 6.16. The van der Waals surface area contributed by atoms with Crippen LogP contribution in [0.15, 0.2) is 0 Å². The first-order valence-corrected chi connectivity index (χ1v) is 8.07. The Morgan fingerprint density at radius 2 is 1.57 bits per heavy atom. The maximum Gasteiger partial charge on any atom is 0.498 e. The quantitative estimate of drug-likeness (QED) is 0.455.